The number of amides is 1. The van der Waals surface area contributed by atoms with Crippen molar-refractivity contribution in [3.63, 3.8) is 0 Å². The summed E-state index contributed by atoms with van der Waals surface area (Å²) in [6.07, 6.45) is 0. The van der Waals surface area contributed by atoms with Crippen molar-refractivity contribution in [3.8, 4) is 10.6 Å². The highest BCUT2D eigenvalue weighted by atomic mass is 32.1. The summed E-state index contributed by atoms with van der Waals surface area (Å²) in [7, 11) is 1.29. The van der Waals surface area contributed by atoms with E-state index < -0.39 is 11.5 Å². The van der Waals surface area contributed by atoms with Gasteiger partial charge in [-0.2, -0.15) is 0 Å². The molecule has 22 heavy (non-hydrogen) atoms. The molecule has 116 valence electrons. The van der Waals surface area contributed by atoms with Crippen molar-refractivity contribution in [2.24, 2.45) is 0 Å². The first-order valence-electron chi connectivity index (χ1n) is 6.77. The Morgan fingerprint density at radius 3 is 2.36 bits per heavy atom. The molecule has 2 aromatic rings. The largest absolute Gasteiger partial charge is 0.467 e. The molecular weight excluding hydrogens is 300 g/mol. The average Bonchev–Trinajstić information content (AvgIpc) is 2.92. The van der Waals surface area contributed by atoms with E-state index in [1.807, 2.05) is 24.4 Å². The number of nitrogens with zero attached hydrogens (tertiary/aromatic N) is 1. The molecule has 1 N–H and O–H groups in total. The summed E-state index contributed by atoms with van der Waals surface area (Å²) in [6, 6.07) is 7.13. The standard InChI is InChI=1S/C16H18N2O3S/c1-10-9-22-14(17-10)12-7-5-11(6-8-12)13(19)18-16(2,3)15(20)21-4/h5-9H,1-4H3,(H,18,19). The number of ether oxygens (including phenoxy) is 1. The zero-order chi connectivity index (χ0) is 16.3. The maximum atomic E-state index is 12.2. The molecule has 1 amide bonds. The summed E-state index contributed by atoms with van der Waals surface area (Å²) in [6.45, 7) is 5.14. The smallest absolute Gasteiger partial charge is 0.330 e. The average molecular weight is 318 g/mol. The van der Waals surface area contributed by atoms with Crippen LogP contribution in [0.15, 0.2) is 29.6 Å². The van der Waals surface area contributed by atoms with Crippen molar-refractivity contribution in [2.45, 2.75) is 26.3 Å². The third-order valence-corrected chi connectivity index (χ3v) is 4.14. The molecule has 0 aliphatic rings. The highest BCUT2D eigenvalue weighted by molar-refractivity contribution is 7.13. The van der Waals surface area contributed by atoms with Gasteiger partial charge in [0, 0.05) is 22.2 Å². The highest BCUT2D eigenvalue weighted by Gasteiger charge is 2.30. The van der Waals surface area contributed by atoms with Gasteiger partial charge < -0.3 is 10.1 Å². The summed E-state index contributed by atoms with van der Waals surface area (Å²) in [5, 5.41) is 5.56. The van der Waals surface area contributed by atoms with E-state index in [9.17, 15) is 9.59 Å². The number of nitrogens with one attached hydrogen (secondary N) is 1. The fraction of sp³-hybridized carbons (Fsp3) is 0.312. The van der Waals surface area contributed by atoms with Gasteiger partial charge in [0.05, 0.1) is 7.11 Å². The van der Waals surface area contributed by atoms with Crippen molar-refractivity contribution in [2.75, 3.05) is 7.11 Å². The van der Waals surface area contributed by atoms with Crippen LogP contribution in [0.5, 0.6) is 0 Å². The van der Waals surface area contributed by atoms with Crippen LogP contribution in [-0.2, 0) is 9.53 Å². The van der Waals surface area contributed by atoms with E-state index >= 15 is 0 Å². The molecule has 0 bridgehead atoms. The first kappa shape index (κ1) is 16.2. The molecule has 0 aliphatic heterocycles. The van der Waals surface area contributed by atoms with E-state index in [1.54, 1.807) is 37.3 Å². The van der Waals surface area contributed by atoms with Gasteiger partial charge in [-0.15, -0.1) is 11.3 Å². The molecular formula is C16H18N2O3S. The zero-order valence-electron chi connectivity index (χ0n) is 13.0. The van der Waals surface area contributed by atoms with Gasteiger partial charge in [0.25, 0.3) is 5.91 Å². The minimum atomic E-state index is -1.07. The lowest BCUT2D eigenvalue weighted by Gasteiger charge is -2.23. The molecule has 0 unspecified atom stereocenters. The topological polar surface area (TPSA) is 68.3 Å². The lowest BCUT2D eigenvalue weighted by atomic mass is 10.0. The van der Waals surface area contributed by atoms with Gasteiger partial charge in [-0.25, -0.2) is 9.78 Å². The lowest BCUT2D eigenvalue weighted by molar-refractivity contribution is -0.146. The minimum absolute atomic E-state index is 0.322. The summed E-state index contributed by atoms with van der Waals surface area (Å²) < 4.78 is 4.67. The minimum Gasteiger partial charge on any atom is -0.467 e. The fourth-order valence-electron chi connectivity index (χ4n) is 1.91. The summed E-state index contributed by atoms with van der Waals surface area (Å²) in [5.74, 6) is -0.812. The zero-order valence-corrected chi connectivity index (χ0v) is 13.8. The molecule has 0 radical (unpaired) electrons. The van der Waals surface area contributed by atoms with Crippen LogP contribution in [0.1, 0.15) is 29.9 Å². The van der Waals surface area contributed by atoms with Crippen LogP contribution in [0.25, 0.3) is 10.6 Å². The number of aromatic nitrogens is 1. The van der Waals surface area contributed by atoms with Crippen molar-refractivity contribution in [1.82, 2.24) is 10.3 Å². The molecule has 0 saturated carbocycles. The first-order chi connectivity index (χ1) is 10.3. The SMILES string of the molecule is COC(=O)C(C)(C)NC(=O)c1ccc(-c2nc(C)cs2)cc1. The monoisotopic (exact) mass is 318 g/mol. The third-order valence-electron chi connectivity index (χ3n) is 3.13. The second-order valence-electron chi connectivity index (χ2n) is 5.44. The Kier molecular flexibility index (Phi) is 4.61. The molecule has 6 heteroatoms. The molecule has 5 nitrogen and oxygen atoms in total. The number of hydrogen-bond donors (Lipinski definition) is 1. The maximum Gasteiger partial charge on any atom is 0.330 e. The summed E-state index contributed by atoms with van der Waals surface area (Å²) >= 11 is 1.56. The molecule has 1 aromatic heterocycles. The number of hydrogen-bond acceptors (Lipinski definition) is 5. The van der Waals surface area contributed by atoms with Crippen LogP contribution in [0.3, 0.4) is 0 Å². The number of carbonyl (C=O) groups excluding carboxylic acids is 2. The van der Waals surface area contributed by atoms with E-state index in [0.29, 0.717) is 5.56 Å². The molecule has 1 aromatic carbocycles. The van der Waals surface area contributed by atoms with E-state index in [1.165, 1.54) is 7.11 Å². The Morgan fingerprint density at radius 2 is 1.86 bits per heavy atom. The number of benzene rings is 1. The lowest BCUT2D eigenvalue weighted by Crippen LogP contribution is -2.50. The predicted octanol–water partition coefficient (Wildman–Crippen LogP) is 2.80. The summed E-state index contributed by atoms with van der Waals surface area (Å²) in [4.78, 5) is 28.2. The Balaban J connectivity index is 2.13. The quantitative estimate of drug-likeness (QED) is 0.880. The molecule has 0 fully saturated rings. The number of thiazole rings is 1. The Labute approximate surface area is 133 Å². The highest BCUT2D eigenvalue weighted by Crippen LogP contribution is 2.23. The molecule has 1 heterocycles. The number of rotatable bonds is 4. The van der Waals surface area contributed by atoms with Crippen molar-refractivity contribution < 1.29 is 14.3 Å². The van der Waals surface area contributed by atoms with Crippen molar-refractivity contribution in [1.29, 1.82) is 0 Å². The van der Waals surface area contributed by atoms with Crippen molar-refractivity contribution in [3.05, 3.63) is 40.9 Å². The number of aryl methyl sites for hydroxylation is 1. The fourth-order valence-corrected chi connectivity index (χ4v) is 2.72. The third kappa shape index (κ3) is 3.51. The van der Waals surface area contributed by atoms with E-state index in [0.717, 1.165) is 16.3 Å². The van der Waals surface area contributed by atoms with Crippen LogP contribution >= 0.6 is 11.3 Å². The van der Waals surface area contributed by atoms with E-state index in [2.05, 4.69) is 15.0 Å². The van der Waals surface area contributed by atoms with E-state index in [4.69, 9.17) is 0 Å². The van der Waals surface area contributed by atoms with Crippen LogP contribution in [-0.4, -0.2) is 29.5 Å². The normalized spacial score (nSPS) is 11.1. The van der Waals surface area contributed by atoms with Gasteiger partial charge in [0.2, 0.25) is 0 Å². The van der Waals surface area contributed by atoms with Gasteiger partial charge in [-0.05, 0) is 32.9 Å². The molecule has 0 aliphatic carbocycles. The van der Waals surface area contributed by atoms with Crippen molar-refractivity contribution >= 4 is 23.2 Å². The molecule has 2 rings (SSSR count). The number of carbonyl (C=O) groups is 2. The van der Waals surface area contributed by atoms with Crippen LogP contribution in [0.2, 0.25) is 0 Å². The van der Waals surface area contributed by atoms with Crippen LogP contribution in [0, 0.1) is 6.92 Å². The Bertz CT molecular complexity index is 690. The van der Waals surface area contributed by atoms with Gasteiger partial charge in [-0.3, -0.25) is 4.79 Å². The van der Waals surface area contributed by atoms with Gasteiger partial charge >= 0.3 is 5.97 Å². The second-order valence-corrected chi connectivity index (χ2v) is 6.30. The number of methoxy groups -OCH3 is 1. The van der Waals surface area contributed by atoms with Gasteiger partial charge in [-0.1, -0.05) is 12.1 Å². The first-order valence-corrected chi connectivity index (χ1v) is 7.65. The molecule has 0 atom stereocenters. The predicted molar refractivity (Wildman–Crippen MR) is 85.8 cm³/mol. The molecule has 0 saturated heterocycles. The Morgan fingerprint density at radius 1 is 1.23 bits per heavy atom. The maximum absolute atomic E-state index is 12.2. The summed E-state index contributed by atoms with van der Waals surface area (Å²) in [5.41, 5.74) is 1.34. The van der Waals surface area contributed by atoms with Gasteiger partial charge in [0.1, 0.15) is 10.5 Å². The van der Waals surface area contributed by atoms with Gasteiger partial charge in [0.15, 0.2) is 0 Å². The van der Waals surface area contributed by atoms with E-state index in [-0.39, 0.29) is 5.91 Å². The Hall–Kier alpha value is -2.21. The number of esters is 1. The second kappa shape index (κ2) is 6.27. The van der Waals surface area contributed by atoms with Crippen LogP contribution in [0.4, 0.5) is 0 Å². The van der Waals surface area contributed by atoms with Crippen LogP contribution < -0.4 is 5.32 Å². The molecule has 0 spiro atoms.